The molecule has 33 heavy (non-hydrogen) atoms. The Hall–Kier alpha value is -3.29. The van der Waals surface area contributed by atoms with Gasteiger partial charge in [0, 0.05) is 29.2 Å². The van der Waals surface area contributed by atoms with Crippen LogP contribution in [0.25, 0.3) is 11.1 Å². The Morgan fingerprint density at radius 3 is 2.58 bits per heavy atom. The summed E-state index contributed by atoms with van der Waals surface area (Å²) >= 11 is 0.948. The highest BCUT2D eigenvalue weighted by Gasteiger charge is 2.28. The predicted molar refractivity (Wildman–Crippen MR) is 122 cm³/mol. The molecule has 7 nitrogen and oxygen atoms in total. The molecule has 1 aromatic carbocycles. The molecule has 0 unspecified atom stereocenters. The molecular weight excluding hydrogens is 465 g/mol. The zero-order valence-electron chi connectivity index (χ0n) is 18.5. The summed E-state index contributed by atoms with van der Waals surface area (Å²) in [6.45, 7) is 5.32. The fourth-order valence-electron chi connectivity index (χ4n) is 2.98. The van der Waals surface area contributed by atoms with E-state index < -0.39 is 27.3 Å². The molecule has 0 radical (unpaired) electrons. The van der Waals surface area contributed by atoms with Crippen LogP contribution in [-0.2, 0) is 21.1 Å². The van der Waals surface area contributed by atoms with Crippen LogP contribution in [0.3, 0.4) is 0 Å². The number of hydrogen-bond acceptors (Lipinski definition) is 7. The van der Waals surface area contributed by atoms with Crippen molar-refractivity contribution in [2.24, 2.45) is 0 Å². The zero-order chi connectivity index (χ0) is 24.4. The van der Waals surface area contributed by atoms with E-state index in [0.29, 0.717) is 10.4 Å². The third-order valence-corrected chi connectivity index (χ3v) is 7.81. The van der Waals surface area contributed by atoms with Crippen molar-refractivity contribution in [3.8, 4) is 17.2 Å². The molecule has 0 atom stereocenters. The van der Waals surface area contributed by atoms with Crippen LogP contribution >= 0.6 is 11.3 Å². The van der Waals surface area contributed by atoms with Crippen molar-refractivity contribution in [1.82, 2.24) is 9.88 Å². The number of ether oxygens (including phenoxy) is 1. The number of aromatic nitrogens is 1. The molecule has 0 aliphatic carbocycles. The molecular formula is C23H22FN3O4S2. The van der Waals surface area contributed by atoms with E-state index in [4.69, 9.17) is 4.74 Å². The number of pyridine rings is 1. The molecule has 2 heterocycles. The van der Waals surface area contributed by atoms with Crippen LogP contribution < -0.4 is 0 Å². The van der Waals surface area contributed by atoms with Crippen LogP contribution in [0.1, 0.15) is 31.3 Å². The van der Waals surface area contributed by atoms with Crippen LogP contribution in [0.2, 0.25) is 0 Å². The number of benzene rings is 1. The number of halogens is 1. The molecule has 0 N–H and O–H groups in total. The van der Waals surface area contributed by atoms with Gasteiger partial charge in [0.15, 0.2) is 0 Å². The highest BCUT2D eigenvalue weighted by molar-refractivity contribution is 7.93. The third-order valence-electron chi connectivity index (χ3n) is 4.40. The minimum absolute atomic E-state index is 0.0537. The van der Waals surface area contributed by atoms with Crippen molar-refractivity contribution in [2.75, 3.05) is 7.05 Å². The lowest BCUT2D eigenvalue weighted by atomic mass is 10.1. The average Bonchev–Trinajstić information content (AvgIpc) is 3.17. The quantitative estimate of drug-likeness (QED) is 0.501. The molecule has 10 heteroatoms. The van der Waals surface area contributed by atoms with Gasteiger partial charge in [0.1, 0.15) is 27.4 Å². The smallest absolute Gasteiger partial charge is 0.410 e. The van der Waals surface area contributed by atoms with Gasteiger partial charge >= 0.3 is 6.09 Å². The number of nitriles is 1. The SMILES string of the molecule is CN(Cc1cc(-c2cccnc2C#N)c(S(=O)(=O)c2cccc(F)c2)s1)C(=O)OC(C)(C)C. The number of thiophene rings is 1. The molecule has 2 aromatic heterocycles. The van der Waals surface area contributed by atoms with E-state index in [9.17, 15) is 22.9 Å². The lowest BCUT2D eigenvalue weighted by molar-refractivity contribution is 0.0286. The van der Waals surface area contributed by atoms with Crippen molar-refractivity contribution in [3.63, 3.8) is 0 Å². The summed E-state index contributed by atoms with van der Waals surface area (Å²) in [5.41, 5.74) is -0.0353. The van der Waals surface area contributed by atoms with Gasteiger partial charge in [0.25, 0.3) is 0 Å². The first-order valence-corrected chi connectivity index (χ1v) is 12.2. The van der Waals surface area contributed by atoms with Gasteiger partial charge < -0.3 is 9.64 Å². The molecule has 0 aliphatic heterocycles. The van der Waals surface area contributed by atoms with E-state index in [-0.39, 0.29) is 26.9 Å². The molecule has 3 rings (SSSR count). The van der Waals surface area contributed by atoms with Crippen molar-refractivity contribution >= 4 is 27.3 Å². The van der Waals surface area contributed by atoms with Crippen molar-refractivity contribution in [2.45, 2.75) is 42.0 Å². The standard InChI is InChI=1S/C23H22FN3O4S2/c1-23(2,3)31-22(28)27(4)14-16-12-19(18-9-6-10-26-20(18)13-25)21(32-16)33(29,30)17-8-5-7-15(24)11-17/h5-12H,14H2,1-4H3. The van der Waals surface area contributed by atoms with Gasteiger partial charge in [-0.2, -0.15) is 5.26 Å². The maximum atomic E-state index is 13.8. The van der Waals surface area contributed by atoms with E-state index in [1.54, 1.807) is 46.0 Å². The first-order chi connectivity index (χ1) is 15.4. The monoisotopic (exact) mass is 487 g/mol. The molecule has 172 valence electrons. The number of carbonyl (C=O) groups is 1. The highest BCUT2D eigenvalue weighted by atomic mass is 32.2. The first kappa shape index (κ1) is 24.4. The maximum absolute atomic E-state index is 13.8. The summed E-state index contributed by atoms with van der Waals surface area (Å²) in [7, 11) is -2.58. The predicted octanol–water partition coefficient (Wildman–Crippen LogP) is 5.02. The number of nitrogens with zero attached hydrogens (tertiary/aromatic N) is 3. The number of carbonyl (C=O) groups excluding carboxylic acids is 1. The van der Waals surface area contributed by atoms with Gasteiger partial charge in [0.05, 0.1) is 11.4 Å². The van der Waals surface area contributed by atoms with Gasteiger partial charge in [-0.1, -0.05) is 6.07 Å². The van der Waals surface area contributed by atoms with Gasteiger partial charge in [-0.3, -0.25) is 0 Å². The number of rotatable bonds is 5. The largest absolute Gasteiger partial charge is 0.444 e. The fourth-order valence-corrected chi connectivity index (χ4v) is 6.18. The second-order valence-electron chi connectivity index (χ2n) is 8.22. The minimum Gasteiger partial charge on any atom is -0.444 e. The Labute approximate surface area is 196 Å². The molecule has 0 saturated carbocycles. The Morgan fingerprint density at radius 2 is 1.94 bits per heavy atom. The Morgan fingerprint density at radius 1 is 1.21 bits per heavy atom. The van der Waals surface area contributed by atoms with Gasteiger partial charge in [-0.05, 0) is 57.2 Å². The van der Waals surface area contributed by atoms with E-state index in [1.165, 1.54) is 23.2 Å². The lowest BCUT2D eigenvalue weighted by Gasteiger charge is -2.24. The lowest BCUT2D eigenvalue weighted by Crippen LogP contribution is -2.33. The van der Waals surface area contributed by atoms with Gasteiger partial charge in [0.2, 0.25) is 9.84 Å². The van der Waals surface area contributed by atoms with Crippen molar-refractivity contribution in [1.29, 1.82) is 5.26 Å². The molecule has 0 fully saturated rings. The summed E-state index contributed by atoms with van der Waals surface area (Å²) in [5.74, 6) is -0.682. The fraction of sp³-hybridized carbons (Fsp3) is 0.261. The van der Waals surface area contributed by atoms with Gasteiger partial charge in [-0.25, -0.2) is 22.6 Å². The third kappa shape index (κ3) is 5.56. The molecule has 1 amide bonds. The molecule has 0 saturated heterocycles. The average molecular weight is 488 g/mol. The van der Waals surface area contributed by atoms with E-state index >= 15 is 0 Å². The number of amides is 1. The normalized spacial score (nSPS) is 11.6. The summed E-state index contributed by atoms with van der Waals surface area (Å²) in [6.07, 6.45) is 0.873. The Kier molecular flexibility index (Phi) is 6.86. The van der Waals surface area contributed by atoms with Crippen molar-refractivity contribution in [3.05, 3.63) is 65.0 Å². The highest BCUT2D eigenvalue weighted by Crippen LogP contribution is 2.39. The second-order valence-corrected chi connectivity index (χ2v) is 11.5. The molecule has 3 aromatic rings. The van der Waals surface area contributed by atoms with Crippen molar-refractivity contribution < 1.29 is 22.3 Å². The van der Waals surface area contributed by atoms with Crippen LogP contribution in [0.15, 0.2) is 57.8 Å². The topological polar surface area (TPSA) is 100 Å². The van der Waals surface area contributed by atoms with Crippen LogP contribution in [0.4, 0.5) is 9.18 Å². The van der Waals surface area contributed by atoms with Crippen LogP contribution in [0.5, 0.6) is 0 Å². The van der Waals surface area contributed by atoms with Gasteiger partial charge in [-0.15, -0.1) is 11.3 Å². The van der Waals surface area contributed by atoms with Crippen LogP contribution in [0, 0.1) is 17.1 Å². The summed E-state index contributed by atoms with van der Waals surface area (Å²) in [6, 6.07) is 11.5. The molecule has 0 bridgehead atoms. The molecule has 0 spiro atoms. The number of sulfone groups is 1. The first-order valence-electron chi connectivity index (χ1n) is 9.85. The Balaban J connectivity index is 2.11. The number of hydrogen-bond donors (Lipinski definition) is 0. The van der Waals surface area contributed by atoms with E-state index in [0.717, 1.165) is 23.5 Å². The molecule has 0 aliphatic rings. The van der Waals surface area contributed by atoms with Crippen LogP contribution in [-0.4, -0.2) is 37.0 Å². The van der Waals surface area contributed by atoms with E-state index in [1.807, 2.05) is 6.07 Å². The second kappa shape index (κ2) is 9.29. The summed E-state index contributed by atoms with van der Waals surface area (Å²) in [4.78, 5) is 18.1. The van der Waals surface area contributed by atoms with E-state index in [2.05, 4.69) is 4.98 Å². The minimum atomic E-state index is -4.12. The zero-order valence-corrected chi connectivity index (χ0v) is 20.1. The summed E-state index contributed by atoms with van der Waals surface area (Å²) in [5, 5.41) is 9.48. The maximum Gasteiger partial charge on any atom is 0.410 e. The Bertz CT molecular complexity index is 1340. The summed E-state index contributed by atoms with van der Waals surface area (Å²) < 4.78 is 45.9.